The molecule has 2 heterocycles. The molecule has 5 heteroatoms. The van der Waals surface area contributed by atoms with Crippen LogP contribution in [-0.2, 0) is 4.79 Å². The Morgan fingerprint density at radius 2 is 2.19 bits per heavy atom. The molecule has 0 bridgehead atoms. The average Bonchev–Trinajstić information content (AvgIpc) is 2.92. The van der Waals surface area contributed by atoms with Crippen molar-refractivity contribution in [3.8, 4) is 0 Å². The zero-order valence-electron chi connectivity index (χ0n) is 11.8. The van der Waals surface area contributed by atoms with E-state index < -0.39 is 5.97 Å². The molecule has 112 valence electrons. The number of hydrogen-bond donors (Lipinski definition) is 1. The Labute approximate surface area is 129 Å². The van der Waals surface area contributed by atoms with Gasteiger partial charge in [0.05, 0.1) is 0 Å². The van der Waals surface area contributed by atoms with Gasteiger partial charge in [0.15, 0.2) is 0 Å². The Hall–Kier alpha value is -1.52. The quantitative estimate of drug-likeness (QED) is 0.872. The second kappa shape index (κ2) is 6.08. The van der Waals surface area contributed by atoms with E-state index in [-0.39, 0.29) is 0 Å². The number of benzene rings is 1. The van der Waals surface area contributed by atoms with Gasteiger partial charge in [0.2, 0.25) is 0 Å². The second-order valence-corrected chi connectivity index (χ2v) is 6.03. The molecule has 2 aliphatic rings. The maximum atomic E-state index is 10.8. The summed E-state index contributed by atoms with van der Waals surface area (Å²) >= 11 is 6.26. The summed E-state index contributed by atoms with van der Waals surface area (Å²) in [5, 5.41) is 9.44. The summed E-state index contributed by atoms with van der Waals surface area (Å²) in [6, 6.07) is 6.38. The lowest BCUT2D eigenvalue weighted by Crippen LogP contribution is -2.50. The highest BCUT2D eigenvalue weighted by molar-refractivity contribution is 6.32. The van der Waals surface area contributed by atoms with E-state index in [9.17, 15) is 4.79 Å². The zero-order valence-corrected chi connectivity index (χ0v) is 12.6. The van der Waals surface area contributed by atoms with E-state index in [0.29, 0.717) is 11.1 Å². The first-order valence-electron chi connectivity index (χ1n) is 7.33. The van der Waals surface area contributed by atoms with E-state index in [1.807, 2.05) is 12.1 Å². The van der Waals surface area contributed by atoms with Crippen molar-refractivity contribution < 1.29 is 9.90 Å². The molecule has 1 aromatic rings. The van der Waals surface area contributed by atoms with Crippen LogP contribution in [0.2, 0.25) is 5.02 Å². The van der Waals surface area contributed by atoms with Crippen LogP contribution in [0.5, 0.6) is 0 Å². The second-order valence-electron chi connectivity index (χ2n) is 5.62. The minimum Gasteiger partial charge on any atom is -0.478 e. The van der Waals surface area contributed by atoms with Crippen LogP contribution < -0.4 is 4.90 Å². The first kappa shape index (κ1) is 14.4. The number of piperazine rings is 1. The summed E-state index contributed by atoms with van der Waals surface area (Å²) in [5.74, 6) is -0.957. The van der Waals surface area contributed by atoms with Crippen molar-refractivity contribution in [2.75, 3.05) is 31.1 Å². The Kier molecular flexibility index (Phi) is 4.17. The van der Waals surface area contributed by atoms with E-state index in [0.717, 1.165) is 37.0 Å². The Morgan fingerprint density at radius 3 is 3.00 bits per heavy atom. The third-order valence-corrected chi connectivity index (χ3v) is 4.68. The molecular weight excluding hydrogens is 288 g/mol. The van der Waals surface area contributed by atoms with Crippen LogP contribution in [0.3, 0.4) is 0 Å². The highest BCUT2D eigenvalue weighted by Crippen LogP contribution is 2.32. The van der Waals surface area contributed by atoms with Gasteiger partial charge in [-0.05, 0) is 37.6 Å². The maximum absolute atomic E-state index is 10.8. The van der Waals surface area contributed by atoms with Gasteiger partial charge < -0.3 is 10.0 Å². The van der Waals surface area contributed by atoms with Crippen molar-refractivity contribution in [3.05, 3.63) is 34.9 Å². The van der Waals surface area contributed by atoms with Crippen molar-refractivity contribution in [2.24, 2.45) is 0 Å². The minimum absolute atomic E-state index is 0.596. The highest BCUT2D eigenvalue weighted by Gasteiger charge is 2.31. The topological polar surface area (TPSA) is 43.8 Å². The fraction of sp³-hybridized carbons (Fsp3) is 0.438. The van der Waals surface area contributed by atoms with E-state index in [4.69, 9.17) is 16.7 Å². The number of fused-ring (bicyclic) bond motifs is 1. The molecule has 4 nitrogen and oxygen atoms in total. The van der Waals surface area contributed by atoms with Crippen molar-refractivity contribution >= 4 is 29.3 Å². The number of aliphatic carboxylic acids is 1. The van der Waals surface area contributed by atoms with E-state index >= 15 is 0 Å². The van der Waals surface area contributed by atoms with Crippen LogP contribution >= 0.6 is 11.6 Å². The molecule has 0 aliphatic carbocycles. The van der Waals surface area contributed by atoms with Gasteiger partial charge in [-0.15, -0.1) is 0 Å². The largest absolute Gasteiger partial charge is 0.478 e. The zero-order chi connectivity index (χ0) is 14.8. The molecular formula is C16H19ClN2O2. The Morgan fingerprint density at radius 1 is 1.33 bits per heavy atom. The standard InChI is InChI=1S/C16H19ClN2O2/c17-14-4-1-5-15(13(14)6-7-16(20)21)19-10-9-18-8-2-3-12(18)11-19/h1,4-7,12H,2-3,8-11H2,(H,20,21)/b7-6+. The normalized spacial score (nSPS) is 22.7. The molecule has 0 saturated carbocycles. The molecule has 2 aliphatic heterocycles. The number of carbonyl (C=O) groups is 1. The van der Waals surface area contributed by atoms with E-state index in [2.05, 4.69) is 9.80 Å². The molecule has 1 atom stereocenters. The lowest BCUT2D eigenvalue weighted by molar-refractivity contribution is -0.131. The molecule has 0 radical (unpaired) electrons. The van der Waals surface area contributed by atoms with E-state index in [1.165, 1.54) is 19.4 Å². The van der Waals surface area contributed by atoms with Crippen LogP contribution in [0.1, 0.15) is 18.4 Å². The first-order valence-corrected chi connectivity index (χ1v) is 7.71. The fourth-order valence-corrected chi connectivity index (χ4v) is 3.56. The van der Waals surface area contributed by atoms with Crippen LogP contribution in [0.15, 0.2) is 24.3 Å². The molecule has 21 heavy (non-hydrogen) atoms. The summed E-state index contributed by atoms with van der Waals surface area (Å²) in [5.41, 5.74) is 1.83. The van der Waals surface area contributed by atoms with Gasteiger partial charge in [-0.2, -0.15) is 0 Å². The average molecular weight is 307 g/mol. The van der Waals surface area contributed by atoms with Crippen molar-refractivity contribution in [1.82, 2.24) is 4.90 Å². The van der Waals surface area contributed by atoms with Crippen LogP contribution in [-0.4, -0.2) is 48.2 Å². The Balaban J connectivity index is 1.87. The number of halogens is 1. The third kappa shape index (κ3) is 3.06. The van der Waals surface area contributed by atoms with Crippen molar-refractivity contribution in [1.29, 1.82) is 0 Å². The third-order valence-electron chi connectivity index (χ3n) is 4.35. The van der Waals surface area contributed by atoms with Gasteiger partial charge in [0.25, 0.3) is 0 Å². The SMILES string of the molecule is O=C(O)/C=C/c1c(Cl)cccc1N1CCN2CCCC2C1. The van der Waals surface area contributed by atoms with E-state index in [1.54, 1.807) is 12.1 Å². The van der Waals surface area contributed by atoms with Gasteiger partial charge in [-0.1, -0.05) is 17.7 Å². The smallest absolute Gasteiger partial charge is 0.328 e. The first-order chi connectivity index (χ1) is 10.1. The number of carboxylic acid groups (broad SMARTS) is 1. The molecule has 2 fully saturated rings. The van der Waals surface area contributed by atoms with Crippen molar-refractivity contribution in [3.63, 3.8) is 0 Å². The van der Waals surface area contributed by atoms with Gasteiger partial charge in [-0.3, -0.25) is 4.90 Å². The number of hydrogen-bond acceptors (Lipinski definition) is 3. The summed E-state index contributed by atoms with van der Waals surface area (Å²) < 4.78 is 0. The number of nitrogens with zero attached hydrogens (tertiary/aromatic N) is 2. The summed E-state index contributed by atoms with van der Waals surface area (Å²) in [4.78, 5) is 15.7. The molecule has 1 unspecified atom stereocenters. The van der Waals surface area contributed by atoms with Crippen LogP contribution in [0, 0.1) is 0 Å². The fourth-order valence-electron chi connectivity index (χ4n) is 3.33. The maximum Gasteiger partial charge on any atom is 0.328 e. The summed E-state index contributed by atoms with van der Waals surface area (Å²) in [7, 11) is 0. The Bertz CT molecular complexity index is 573. The predicted molar refractivity (Wildman–Crippen MR) is 84.9 cm³/mol. The number of anilines is 1. The molecule has 1 N–H and O–H groups in total. The minimum atomic E-state index is -0.957. The molecule has 1 aromatic carbocycles. The number of rotatable bonds is 3. The van der Waals surface area contributed by atoms with Crippen LogP contribution in [0.4, 0.5) is 5.69 Å². The van der Waals surface area contributed by atoms with Gasteiger partial charge in [0, 0.05) is 48.0 Å². The highest BCUT2D eigenvalue weighted by atomic mass is 35.5. The summed E-state index contributed by atoms with van der Waals surface area (Å²) in [6.07, 6.45) is 5.27. The van der Waals surface area contributed by atoms with Gasteiger partial charge in [0.1, 0.15) is 0 Å². The lowest BCUT2D eigenvalue weighted by atomic mass is 10.1. The predicted octanol–water partition coefficient (Wildman–Crippen LogP) is 2.72. The van der Waals surface area contributed by atoms with Gasteiger partial charge in [-0.25, -0.2) is 4.79 Å². The number of carboxylic acids is 1. The van der Waals surface area contributed by atoms with Gasteiger partial charge >= 0.3 is 5.97 Å². The molecule has 0 amide bonds. The molecule has 0 spiro atoms. The molecule has 3 rings (SSSR count). The molecule has 0 aromatic heterocycles. The monoisotopic (exact) mass is 306 g/mol. The summed E-state index contributed by atoms with van der Waals surface area (Å²) in [6.45, 7) is 4.23. The molecule has 2 saturated heterocycles. The van der Waals surface area contributed by atoms with Crippen LogP contribution in [0.25, 0.3) is 6.08 Å². The van der Waals surface area contributed by atoms with Crippen molar-refractivity contribution in [2.45, 2.75) is 18.9 Å². The lowest BCUT2D eigenvalue weighted by Gasteiger charge is -2.39.